The van der Waals surface area contributed by atoms with Gasteiger partial charge in [0.2, 0.25) is 10.0 Å². The van der Waals surface area contributed by atoms with Gasteiger partial charge in [0.15, 0.2) is 0 Å². The first kappa shape index (κ1) is 15.7. The molecule has 0 unspecified atom stereocenters. The molecular weight excluding hydrogens is 260 g/mol. The van der Waals surface area contributed by atoms with Gasteiger partial charge in [0.05, 0.1) is 4.90 Å². The van der Waals surface area contributed by atoms with Crippen molar-refractivity contribution in [3.8, 4) is 0 Å². The van der Waals surface area contributed by atoms with Gasteiger partial charge < -0.3 is 5.73 Å². The van der Waals surface area contributed by atoms with Gasteiger partial charge in [-0.15, -0.1) is 0 Å². The third-order valence-electron chi connectivity index (χ3n) is 2.89. The normalized spacial score (nSPS) is 11.8. The van der Waals surface area contributed by atoms with Gasteiger partial charge in [-0.25, -0.2) is 8.42 Å². The third-order valence-corrected chi connectivity index (χ3v) is 4.89. The minimum Gasteiger partial charge on any atom is -0.399 e. The molecule has 0 saturated carbocycles. The quantitative estimate of drug-likeness (QED) is 0.644. The number of hydrogen-bond acceptors (Lipinski definition) is 3. The summed E-state index contributed by atoms with van der Waals surface area (Å²) >= 11 is 0. The maximum absolute atomic E-state index is 12.7. The highest BCUT2D eigenvalue weighted by Crippen LogP contribution is 2.23. The van der Waals surface area contributed by atoms with Crippen molar-refractivity contribution in [1.82, 2.24) is 4.31 Å². The van der Waals surface area contributed by atoms with Crippen LogP contribution in [0.3, 0.4) is 0 Å². The number of aryl methyl sites for hydroxylation is 1. The number of nitrogens with zero attached hydrogens (tertiary/aromatic N) is 1. The molecule has 0 atom stereocenters. The molecule has 106 valence electrons. The average Bonchev–Trinajstić information content (AvgIpc) is 2.35. The highest BCUT2D eigenvalue weighted by molar-refractivity contribution is 7.89. The first-order valence-electron chi connectivity index (χ1n) is 6.35. The van der Waals surface area contributed by atoms with Gasteiger partial charge in [-0.3, -0.25) is 0 Å². The molecule has 19 heavy (non-hydrogen) atoms. The Hall–Kier alpha value is -1.33. The standard InChI is InChI=1S/C14H22N2O2S/c1-5-12-7-8-13(15)9-14(12)19(17,18)16(6-2)10-11(3)4/h7-9H,3,5-6,10,15H2,1-2,4H3. The van der Waals surface area contributed by atoms with Crippen molar-refractivity contribution in [2.45, 2.75) is 32.1 Å². The summed E-state index contributed by atoms with van der Waals surface area (Å²) in [7, 11) is -3.52. The monoisotopic (exact) mass is 282 g/mol. The molecule has 0 spiro atoms. The number of sulfonamides is 1. The Balaban J connectivity index is 3.32. The van der Waals surface area contributed by atoms with E-state index in [1.54, 1.807) is 12.1 Å². The molecular formula is C14H22N2O2S. The number of nitrogen functional groups attached to an aromatic ring is 1. The molecule has 1 aromatic rings. The number of hydrogen-bond donors (Lipinski definition) is 1. The van der Waals surface area contributed by atoms with Crippen LogP contribution in [0.2, 0.25) is 0 Å². The minimum absolute atomic E-state index is 0.304. The van der Waals surface area contributed by atoms with Crippen molar-refractivity contribution in [2.75, 3.05) is 18.8 Å². The first-order valence-corrected chi connectivity index (χ1v) is 7.79. The van der Waals surface area contributed by atoms with E-state index in [-0.39, 0.29) is 0 Å². The first-order chi connectivity index (χ1) is 8.82. The Morgan fingerprint density at radius 1 is 1.37 bits per heavy atom. The fourth-order valence-corrected chi connectivity index (χ4v) is 3.75. The van der Waals surface area contributed by atoms with E-state index in [0.717, 1.165) is 11.1 Å². The van der Waals surface area contributed by atoms with E-state index in [0.29, 0.717) is 30.1 Å². The number of rotatable bonds is 6. The molecule has 0 bridgehead atoms. The Kier molecular flexibility index (Phi) is 5.14. The van der Waals surface area contributed by atoms with Crippen LogP contribution in [0.1, 0.15) is 26.3 Å². The number of likely N-dealkylation sites (N-methyl/N-ethyl adjacent to an activating group) is 1. The largest absolute Gasteiger partial charge is 0.399 e. The molecule has 1 rings (SSSR count). The highest BCUT2D eigenvalue weighted by atomic mass is 32.2. The van der Waals surface area contributed by atoms with Crippen molar-refractivity contribution in [2.24, 2.45) is 0 Å². The smallest absolute Gasteiger partial charge is 0.243 e. The number of anilines is 1. The Morgan fingerprint density at radius 3 is 2.47 bits per heavy atom. The Labute approximate surface area is 116 Å². The second-order valence-electron chi connectivity index (χ2n) is 4.61. The molecule has 2 N–H and O–H groups in total. The average molecular weight is 282 g/mol. The lowest BCUT2D eigenvalue weighted by Crippen LogP contribution is -2.32. The summed E-state index contributed by atoms with van der Waals surface area (Å²) in [4.78, 5) is 0.304. The molecule has 0 aliphatic rings. The van der Waals surface area contributed by atoms with E-state index in [1.165, 1.54) is 10.4 Å². The summed E-state index contributed by atoms with van der Waals surface area (Å²) < 4.78 is 26.7. The fourth-order valence-electron chi connectivity index (χ4n) is 1.91. The lowest BCUT2D eigenvalue weighted by Gasteiger charge is -2.22. The van der Waals surface area contributed by atoms with Gasteiger partial charge in [-0.05, 0) is 31.0 Å². The highest BCUT2D eigenvalue weighted by Gasteiger charge is 2.25. The zero-order chi connectivity index (χ0) is 14.6. The van der Waals surface area contributed by atoms with Crippen LogP contribution >= 0.6 is 0 Å². The van der Waals surface area contributed by atoms with E-state index >= 15 is 0 Å². The maximum Gasteiger partial charge on any atom is 0.243 e. The van der Waals surface area contributed by atoms with Gasteiger partial charge in [-0.1, -0.05) is 32.1 Å². The summed E-state index contributed by atoms with van der Waals surface area (Å²) in [6.45, 7) is 10.1. The van der Waals surface area contributed by atoms with Crippen LogP contribution in [-0.2, 0) is 16.4 Å². The fraction of sp³-hybridized carbons (Fsp3) is 0.429. The molecule has 4 nitrogen and oxygen atoms in total. The molecule has 0 amide bonds. The number of benzene rings is 1. The molecule has 0 aromatic heterocycles. The molecule has 0 aliphatic heterocycles. The van der Waals surface area contributed by atoms with E-state index in [4.69, 9.17) is 5.73 Å². The summed E-state index contributed by atoms with van der Waals surface area (Å²) in [5, 5.41) is 0. The van der Waals surface area contributed by atoms with Crippen molar-refractivity contribution < 1.29 is 8.42 Å². The number of nitrogens with two attached hydrogens (primary N) is 1. The third kappa shape index (κ3) is 3.58. The van der Waals surface area contributed by atoms with Crippen LogP contribution in [0.5, 0.6) is 0 Å². The molecule has 0 aliphatic carbocycles. The molecule has 0 heterocycles. The van der Waals surface area contributed by atoms with E-state index in [9.17, 15) is 8.42 Å². The summed E-state index contributed by atoms with van der Waals surface area (Å²) in [6, 6.07) is 5.04. The van der Waals surface area contributed by atoms with Crippen LogP contribution in [0.25, 0.3) is 0 Å². The van der Waals surface area contributed by atoms with E-state index in [1.807, 2.05) is 20.8 Å². The van der Waals surface area contributed by atoms with E-state index in [2.05, 4.69) is 6.58 Å². The van der Waals surface area contributed by atoms with Gasteiger partial charge in [0.25, 0.3) is 0 Å². The van der Waals surface area contributed by atoms with Crippen molar-refractivity contribution in [3.63, 3.8) is 0 Å². The van der Waals surface area contributed by atoms with Crippen molar-refractivity contribution in [1.29, 1.82) is 0 Å². The van der Waals surface area contributed by atoms with Crippen LogP contribution in [0, 0.1) is 0 Å². The lowest BCUT2D eigenvalue weighted by molar-refractivity contribution is 0.452. The zero-order valence-corrected chi connectivity index (χ0v) is 12.6. The van der Waals surface area contributed by atoms with E-state index < -0.39 is 10.0 Å². The Morgan fingerprint density at radius 2 is 2.00 bits per heavy atom. The molecule has 0 saturated heterocycles. The van der Waals surface area contributed by atoms with Crippen molar-refractivity contribution >= 4 is 15.7 Å². The predicted octanol–water partition coefficient (Wildman–Crippen LogP) is 2.42. The second kappa shape index (κ2) is 6.21. The Bertz CT molecular complexity index is 565. The molecule has 5 heteroatoms. The van der Waals surface area contributed by atoms with Crippen LogP contribution in [0.15, 0.2) is 35.2 Å². The van der Waals surface area contributed by atoms with Gasteiger partial charge >= 0.3 is 0 Å². The van der Waals surface area contributed by atoms with Crippen LogP contribution in [-0.4, -0.2) is 25.8 Å². The van der Waals surface area contributed by atoms with Crippen LogP contribution in [0.4, 0.5) is 5.69 Å². The lowest BCUT2D eigenvalue weighted by atomic mass is 10.1. The van der Waals surface area contributed by atoms with Crippen LogP contribution < -0.4 is 5.73 Å². The molecule has 0 fully saturated rings. The second-order valence-corrected chi connectivity index (χ2v) is 6.52. The molecule has 1 aromatic carbocycles. The predicted molar refractivity (Wildman–Crippen MR) is 79.5 cm³/mol. The summed E-state index contributed by atoms with van der Waals surface area (Å²) in [5.74, 6) is 0. The molecule has 0 radical (unpaired) electrons. The van der Waals surface area contributed by atoms with Gasteiger partial charge in [0.1, 0.15) is 0 Å². The minimum atomic E-state index is -3.52. The summed E-state index contributed by atoms with van der Waals surface area (Å²) in [5.41, 5.74) is 7.78. The summed E-state index contributed by atoms with van der Waals surface area (Å²) in [6.07, 6.45) is 0.652. The van der Waals surface area contributed by atoms with Gasteiger partial charge in [-0.2, -0.15) is 4.31 Å². The SMILES string of the molecule is C=C(C)CN(CC)S(=O)(=O)c1cc(N)ccc1CC. The van der Waals surface area contributed by atoms with Crippen molar-refractivity contribution in [3.05, 3.63) is 35.9 Å². The topological polar surface area (TPSA) is 63.4 Å². The van der Waals surface area contributed by atoms with Gasteiger partial charge in [0, 0.05) is 18.8 Å². The zero-order valence-electron chi connectivity index (χ0n) is 11.8. The maximum atomic E-state index is 12.7.